The van der Waals surface area contributed by atoms with Crippen LogP contribution >= 0.6 is 23.8 Å². The van der Waals surface area contributed by atoms with Crippen molar-refractivity contribution >= 4 is 23.8 Å². The summed E-state index contributed by atoms with van der Waals surface area (Å²) in [6, 6.07) is 14.8. The van der Waals surface area contributed by atoms with Gasteiger partial charge in [0.2, 0.25) is 0 Å². The molecule has 1 N–H and O–H groups in total. The zero-order valence-corrected chi connectivity index (χ0v) is 15.6. The minimum Gasteiger partial charge on any atom is -0.289 e. The molecule has 0 spiro atoms. The molecule has 0 radical (unpaired) electrons. The minimum atomic E-state index is -0.273. The van der Waals surface area contributed by atoms with Crippen molar-refractivity contribution in [1.29, 1.82) is 0 Å². The van der Waals surface area contributed by atoms with Crippen LogP contribution in [0.2, 0.25) is 5.02 Å². The van der Waals surface area contributed by atoms with Crippen molar-refractivity contribution in [1.82, 2.24) is 19.7 Å². The number of aromatic amines is 1. The lowest BCUT2D eigenvalue weighted by Crippen LogP contribution is -2.25. The number of aromatic nitrogens is 3. The Morgan fingerprint density at radius 3 is 2.77 bits per heavy atom. The van der Waals surface area contributed by atoms with Gasteiger partial charge in [-0.2, -0.15) is 5.10 Å². The molecule has 2 aromatic carbocycles. The first kappa shape index (κ1) is 17.4. The summed E-state index contributed by atoms with van der Waals surface area (Å²) in [5.74, 6) is 0.580. The molecule has 1 aliphatic heterocycles. The standard InChI is InChI=1S/C19H18ClFN4S/c20-15-8-4-9-16(21)14(15)12-24-11-5-10-17(24)18-22-23-19(26)25(18)13-6-2-1-3-7-13/h1-4,6-9,17H,5,10-12H2,(H,23,26)/t17-/m0/s1. The number of nitrogens with zero attached hydrogens (tertiary/aromatic N) is 3. The summed E-state index contributed by atoms with van der Waals surface area (Å²) in [4.78, 5) is 2.22. The Kier molecular flexibility index (Phi) is 4.89. The molecule has 134 valence electrons. The Balaban J connectivity index is 1.69. The Bertz CT molecular complexity index is 949. The molecule has 4 rings (SSSR count). The van der Waals surface area contributed by atoms with Gasteiger partial charge in [0, 0.05) is 22.8 Å². The molecule has 7 heteroatoms. The molecule has 0 bridgehead atoms. The molecule has 2 heterocycles. The minimum absolute atomic E-state index is 0.0545. The Morgan fingerprint density at radius 1 is 1.19 bits per heavy atom. The van der Waals surface area contributed by atoms with Crippen LogP contribution in [0.25, 0.3) is 5.69 Å². The third kappa shape index (κ3) is 3.20. The second-order valence-electron chi connectivity index (χ2n) is 6.39. The topological polar surface area (TPSA) is 36.9 Å². The third-order valence-electron chi connectivity index (χ3n) is 4.80. The number of H-pyrrole nitrogens is 1. The van der Waals surface area contributed by atoms with Crippen LogP contribution in [0, 0.1) is 10.6 Å². The molecule has 0 saturated carbocycles. The van der Waals surface area contributed by atoms with Crippen LogP contribution in [0.15, 0.2) is 48.5 Å². The highest BCUT2D eigenvalue weighted by Crippen LogP contribution is 2.34. The van der Waals surface area contributed by atoms with Crippen molar-refractivity contribution in [3.63, 3.8) is 0 Å². The molecule has 1 fully saturated rings. The number of hydrogen-bond donors (Lipinski definition) is 1. The van der Waals surface area contributed by atoms with Crippen LogP contribution in [-0.4, -0.2) is 26.2 Å². The van der Waals surface area contributed by atoms with Gasteiger partial charge in [-0.3, -0.25) is 14.6 Å². The second kappa shape index (κ2) is 7.31. The van der Waals surface area contributed by atoms with E-state index in [0.29, 0.717) is 21.9 Å². The van der Waals surface area contributed by atoms with E-state index in [9.17, 15) is 4.39 Å². The van der Waals surface area contributed by atoms with Gasteiger partial charge in [0.1, 0.15) is 5.82 Å². The highest BCUT2D eigenvalue weighted by molar-refractivity contribution is 7.71. The lowest BCUT2D eigenvalue weighted by atomic mass is 10.1. The summed E-state index contributed by atoms with van der Waals surface area (Å²) < 4.78 is 16.7. The highest BCUT2D eigenvalue weighted by Gasteiger charge is 2.31. The first-order chi connectivity index (χ1) is 12.6. The van der Waals surface area contributed by atoms with Gasteiger partial charge in [0.25, 0.3) is 0 Å². The molecular weight excluding hydrogens is 371 g/mol. The van der Waals surface area contributed by atoms with Gasteiger partial charge in [-0.05, 0) is 55.9 Å². The van der Waals surface area contributed by atoms with E-state index >= 15 is 0 Å². The molecule has 4 nitrogen and oxygen atoms in total. The van der Waals surface area contributed by atoms with Crippen LogP contribution < -0.4 is 0 Å². The molecule has 0 unspecified atom stereocenters. The van der Waals surface area contributed by atoms with Gasteiger partial charge in [-0.1, -0.05) is 35.9 Å². The molecule has 1 aliphatic rings. The predicted octanol–water partition coefficient (Wildman–Crippen LogP) is 5.06. The van der Waals surface area contributed by atoms with Gasteiger partial charge in [0.05, 0.1) is 6.04 Å². The lowest BCUT2D eigenvalue weighted by Gasteiger charge is -2.25. The van der Waals surface area contributed by atoms with E-state index < -0.39 is 0 Å². The molecule has 0 amide bonds. The van der Waals surface area contributed by atoms with E-state index in [2.05, 4.69) is 15.1 Å². The number of halogens is 2. The highest BCUT2D eigenvalue weighted by atomic mass is 35.5. The van der Waals surface area contributed by atoms with Crippen molar-refractivity contribution in [2.75, 3.05) is 6.54 Å². The molecule has 0 aliphatic carbocycles. The summed E-state index contributed by atoms with van der Waals surface area (Å²) in [7, 11) is 0. The van der Waals surface area contributed by atoms with Crippen molar-refractivity contribution in [3.8, 4) is 5.69 Å². The molecule has 1 atom stereocenters. The Hall–Kier alpha value is -2.02. The summed E-state index contributed by atoms with van der Waals surface area (Å²) in [5, 5.41) is 7.85. The number of rotatable bonds is 4. The molecule has 3 aromatic rings. The van der Waals surface area contributed by atoms with Gasteiger partial charge < -0.3 is 0 Å². The average molecular weight is 389 g/mol. The van der Waals surface area contributed by atoms with E-state index in [1.54, 1.807) is 12.1 Å². The van der Waals surface area contributed by atoms with Crippen LogP contribution in [0.4, 0.5) is 4.39 Å². The third-order valence-corrected chi connectivity index (χ3v) is 5.43. The Morgan fingerprint density at radius 2 is 2.00 bits per heavy atom. The normalized spacial score (nSPS) is 17.7. The lowest BCUT2D eigenvalue weighted by molar-refractivity contribution is 0.234. The van der Waals surface area contributed by atoms with E-state index in [4.69, 9.17) is 23.8 Å². The van der Waals surface area contributed by atoms with Crippen molar-refractivity contribution < 1.29 is 4.39 Å². The van der Waals surface area contributed by atoms with Gasteiger partial charge in [-0.25, -0.2) is 4.39 Å². The summed E-state index contributed by atoms with van der Waals surface area (Å²) in [6.45, 7) is 1.31. The summed E-state index contributed by atoms with van der Waals surface area (Å²) >= 11 is 11.7. The SMILES string of the molecule is Fc1cccc(Cl)c1CN1CCC[C@H]1c1n[nH]c(=S)n1-c1ccccc1. The summed E-state index contributed by atoms with van der Waals surface area (Å²) in [5.41, 5.74) is 1.50. The first-order valence-electron chi connectivity index (χ1n) is 8.55. The van der Waals surface area contributed by atoms with Crippen molar-refractivity contribution in [3.05, 3.63) is 75.5 Å². The number of hydrogen-bond acceptors (Lipinski definition) is 3. The van der Waals surface area contributed by atoms with E-state index in [0.717, 1.165) is 30.9 Å². The van der Waals surface area contributed by atoms with E-state index in [1.807, 2.05) is 34.9 Å². The fraction of sp³-hybridized carbons (Fsp3) is 0.263. The second-order valence-corrected chi connectivity index (χ2v) is 7.18. The number of para-hydroxylation sites is 1. The maximum Gasteiger partial charge on any atom is 0.199 e. The average Bonchev–Trinajstić information content (AvgIpc) is 3.25. The van der Waals surface area contributed by atoms with Gasteiger partial charge in [-0.15, -0.1) is 0 Å². The zero-order chi connectivity index (χ0) is 18.1. The number of nitrogens with one attached hydrogen (secondary N) is 1. The molecule has 26 heavy (non-hydrogen) atoms. The smallest absolute Gasteiger partial charge is 0.199 e. The zero-order valence-electron chi connectivity index (χ0n) is 14.0. The monoisotopic (exact) mass is 388 g/mol. The van der Waals surface area contributed by atoms with Crippen molar-refractivity contribution in [2.24, 2.45) is 0 Å². The van der Waals surface area contributed by atoms with Gasteiger partial charge in [0.15, 0.2) is 10.6 Å². The van der Waals surface area contributed by atoms with E-state index in [1.165, 1.54) is 6.07 Å². The quantitative estimate of drug-likeness (QED) is 0.635. The molecular formula is C19H18ClFN4S. The van der Waals surface area contributed by atoms with Crippen LogP contribution in [0.1, 0.15) is 30.3 Å². The Labute approximate surface area is 161 Å². The van der Waals surface area contributed by atoms with Crippen LogP contribution in [-0.2, 0) is 6.54 Å². The fourth-order valence-electron chi connectivity index (χ4n) is 3.55. The summed E-state index contributed by atoms with van der Waals surface area (Å²) in [6.07, 6.45) is 1.96. The van der Waals surface area contributed by atoms with Crippen LogP contribution in [0.3, 0.4) is 0 Å². The maximum absolute atomic E-state index is 14.2. The predicted molar refractivity (Wildman–Crippen MR) is 103 cm³/mol. The number of benzene rings is 2. The van der Waals surface area contributed by atoms with Gasteiger partial charge >= 0.3 is 0 Å². The number of likely N-dealkylation sites (tertiary alicyclic amines) is 1. The van der Waals surface area contributed by atoms with Crippen molar-refractivity contribution in [2.45, 2.75) is 25.4 Å². The molecule has 1 aromatic heterocycles. The van der Waals surface area contributed by atoms with Crippen LogP contribution in [0.5, 0.6) is 0 Å². The first-order valence-corrected chi connectivity index (χ1v) is 9.33. The maximum atomic E-state index is 14.2. The van der Waals surface area contributed by atoms with E-state index in [-0.39, 0.29) is 11.9 Å². The fourth-order valence-corrected chi connectivity index (χ4v) is 4.02. The largest absolute Gasteiger partial charge is 0.289 e. The molecule has 1 saturated heterocycles.